The predicted molar refractivity (Wildman–Crippen MR) is 62.5 cm³/mol. The molecule has 88 valence electrons. The molecule has 0 bridgehead atoms. The fraction of sp³-hybridized carbons (Fsp3) is 0. The standard InChI is InChI=1S/C9H3Cl3N2O3/c10-3-1-4(11)6(5(12)2-3)14-8(16)7(15)13-9(14)17/h1-2H,(H,13,15,17). The zero-order valence-corrected chi connectivity index (χ0v) is 10.2. The van der Waals surface area contributed by atoms with Gasteiger partial charge in [-0.1, -0.05) is 34.8 Å². The molecule has 1 aromatic carbocycles. The number of halogens is 3. The minimum atomic E-state index is -1.04. The molecule has 1 aromatic rings. The number of carbonyl (C=O) groups is 3. The van der Waals surface area contributed by atoms with Gasteiger partial charge in [-0.3, -0.25) is 14.9 Å². The van der Waals surface area contributed by atoms with E-state index in [2.05, 4.69) is 0 Å². The van der Waals surface area contributed by atoms with Crippen LogP contribution in [0.3, 0.4) is 0 Å². The van der Waals surface area contributed by atoms with Crippen molar-refractivity contribution < 1.29 is 14.4 Å². The number of urea groups is 1. The number of hydrogen-bond acceptors (Lipinski definition) is 3. The Morgan fingerprint density at radius 1 is 1.00 bits per heavy atom. The predicted octanol–water partition coefficient (Wildman–Crippen LogP) is 2.23. The summed E-state index contributed by atoms with van der Waals surface area (Å²) in [5.41, 5.74) is -0.0638. The van der Waals surface area contributed by atoms with E-state index in [1.54, 1.807) is 0 Å². The van der Waals surface area contributed by atoms with E-state index in [4.69, 9.17) is 34.8 Å². The van der Waals surface area contributed by atoms with Crippen molar-refractivity contribution in [2.24, 2.45) is 0 Å². The number of nitrogens with zero attached hydrogens (tertiary/aromatic N) is 1. The molecule has 5 nitrogen and oxygen atoms in total. The van der Waals surface area contributed by atoms with Crippen LogP contribution >= 0.6 is 34.8 Å². The normalized spacial score (nSPS) is 15.5. The third-order valence-electron chi connectivity index (χ3n) is 2.03. The molecule has 0 saturated carbocycles. The molecular formula is C9H3Cl3N2O3. The van der Waals surface area contributed by atoms with Crippen LogP contribution in [0.25, 0.3) is 0 Å². The summed E-state index contributed by atoms with van der Waals surface area (Å²) in [5.74, 6) is -2.07. The lowest BCUT2D eigenvalue weighted by Gasteiger charge is -2.15. The van der Waals surface area contributed by atoms with Gasteiger partial charge in [0.25, 0.3) is 0 Å². The van der Waals surface area contributed by atoms with Crippen molar-refractivity contribution in [1.82, 2.24) is 5.32 Å². The molecule has 0 spiro atoms. The van der Waals surface area contributed by atoms with Crippen LogP contribution in [0.5, 0.6) is 0 Å². The van der Waals surface area contributed by atoms with Crippen molar-refractivity contribution in [1.29, 1.82) is 0 Å². The Kier molecular flexibility index (Phi) is 2.99. The summed E-state index contributed by atoms with van der Waals surface area (Å²) in [6.07, 6.45) is 0. The van der Waals surface area contributed by atoms with Gasteiger partial charge in [-0.15, -0.1) is 0 Å². The topological polar surface area (TPSA) is 66.5 Å². The lowest BCUT2D eigenvalue weighted by atomic mass is 10.3. The first-order chi connectivity index (χ1) is 7.91. The summed E-state index contributed by atoms with van der Waals surface area (Å²) in [7, 11) is 0. The zero-order valence-electron chi connectivity index (χ0n) is 7.96. The molecule has 0 aromatic heterocycles. The van der Waals surface area contributed by atoms with Crippen LogP contribution in [0.4, 0.5) is 10.5 Å². The molecule has 0 unspecified atom stereocenters. The van der Waals surface area contributed by atoms with Crippen LogP contribution < -0.4 is 10.2 Å². The maximum atomic E-state index is 11.4. The quantitative estimate of drug-likeness (QED) is 0.638. The van der Waals surface area contributed by atoms with Crippen LogP contribution in [0.2, 0.25) is 15.1 Å². The highest BCUT2D eigenvalue weighted by atomic mass is 35.5. The van der Waals surface area contributed by atoms with Gasteiger partial charge in [0.15, 0.2) is 0 Å². The van der Waals surface area contributed by atoms with Crippen molar-refractivity contribution >= 4 is 58.3 Å². The number of imide groups is 2. The number of rotatable bonds is 1. The summed E-state index contributed by atoms with van der Waals surface area (Å²) in [4.78, 5) is 34.5. The van der Waals surface area contributed by atoms with Crippen LogP contribution in [0.1, 0.15) is 0 Å². The largest absolute Gasteiger partial charge is 0.336 e. The lowest BCUT2D eigenvalue weighted by Crippen LogP contribution is -2.31. The second-order valence-corrected chi connectivity index (χ2v) is 4.37. The fourth-order valence-corrected chi connectivity index (χ4v) is 2.34. The molecule has 0 radical (unpaired) electrons. The zero-order chi connectivity index (χ0) is 12.7. The first kappa shape index (κ1) is 12.2. The molecule has 1 saturated heterocycles. The SMILES string of the molecule is O=C1NC(=O)N(c2c(Cl)cc(Cl)cc2Cl)C1=O. The Labute approximate surface area is 110 Å². The maximum Gasteiger partial charge on any atom is 0.336 e. The Balaban J connectivity index is 2.59. The summed E-state index contributed by atoms with van der Waals surface area (Å²) in [5, 5.41) is 2.09. The molecule has 1 N–H and O–H groups in total. The molecule has 8 heteroatoms. The first-order valence-corrected chi connectivity index (χ1v) is 5.39. The summed E-state index contributed by atoms with van der Waals surface area (Å²) >= 11 is 17.4. The Morgan fingerprint density at radius 2 is 1.53 bits per heavy atom. The second kappa shape index (κ2) is 4.18. The van der Waals surface area contributed by atoms with Crippen molar-refractivity contribution in [3.8, 4) is 0 Å². The number of nitrogens with one attached hydrogen (secondary N) is 1. The number of hydrogen-bond donors (Lipinski definition) is 1. The third-order valence-corrected chi connectivity index (χ3v) is 2.82. The molecule has 4 amide bonds. The molecule has 1 heterocycles. The lowest BCUT2D eigenvalue weighted by molar-refractivity contribution is -0.134. The third kappa shape index (κ3) is 1.97. The van der Waals surface area contributed by atoms with Gasteiger partial charge in [-0.2, -0.15) is 0 Å². The first-order valence-electron chi connectivity index (χ1n) is 4.25. The monoisotopic (exact) mass is 292 g/mol. The second-order valence-electron chi connectivity index (χ2n) is 3.12. The van der Waals surface area contributed by atoms with Gasteiger partial charge in [-0.05, 0) is 12.1 Å². The van der Waals surface area contributed by atoms with Crippen molar-refractivity contribution in [2.75, 3.05) is 4.90 Å². The minimum absolute atomic E-state index is 0.000648. The van der Waals surface area contributed by atoms with E-state index in [0.717, 1.165) is 0 Å². The highest BCUT2D eigenvalue weighted by Gasteiger charge is 2.40. The number of carbonyl (C=O) groups excluding carboxylic acids is 3. The van der Waals surface area contributed by atoms with Gasteiger partial charge in [-0.25, -0.2) is 9.69 Å². The Morgan fingerprint density at radius 3 is 1.94 bits per heavy atom. The maximum absolute atomic E-state index is 11.4. The summed E-state index contributed by atoms with van der Waals surface area (Å²) in [6, 6.07) is 1.73. The van der Waals surface area contributed by atoms with E-state index in [1.807, 2.05) is 5.32 Å². The average molecular weight is 293 g/mol. The fourth-order valence-electron chi connectivity index (χ4n) is 1.35. The number of benzene rings is 1. The van der Waals surface area contributed by atoms with Crippen molar-refractivity contribution in [3.63, 3.8) is 0 Å². The van der Waals surface area contributed by atoms with Crippen LogP contribution in [0.15, 0.2) is 12.1 Å². The summed E-state index contributed by atoms with van der Waals surface area (Å²) < 4.78 is 0. The summed E-state index contributed by atoms with van der Waals surface area (Å²) in [6.45, 7) is 0. The van der Waals surface area contributed by atoms with Gasteiger partial charge in [0, 0.05) is 5.02 Å². The average Bonchev–Trinajstić information content (AvgIpc) is 2.43. The van der Waals surface area contributed by atoms with Gasteiger partial charge in [0.2, 0.25) is 0 Å². The van der Waals surface area contributed by atoms with E-state index in [9.17, 15) is 14.4 Å². The Hall–Kier alpha value is -1.30. The smallest absolute Gasteiger partial charge is 0.269 e. The van der Waals surface area contributed by atoms with Gasteiger partial charge >= 0.3 is 17.8 Å². The highest BCUT2D eigenvalue weighted by Crippen LogP contribution is 2.37. The Bertz CT molecular complexity index is 535. The molecule has 2 rings (SSSR count). The van der Waals surface area contributed by atoms with E-state index >= 15 is 0 Å². The molecule has 17 heavy (non-hydrogen) atoms. The van der Waals surface area contributed by atoms with Crippen molar-refractivity contribution in [3.05, 3.63) is 27.2 Å². The van der Waals surface area contributed by atoms with Crippen LogP contribution in [0, 0.1) is 0 Å². The molecule has 1 aliphatic heterocycles. The number of anilines is 1. The highest BCUT2D eigenvalue weighted by molar-refractivity contribution is 6.55. The van der Waals surface area contributed by atoms with Gasteiger partial charge < -0.3 is 0 Å². The van der Waals surface area contributed by atoms with Crippen LogP contribution in [-0.4, -0.2) is 17.8 Å². The van der Waals surface area contributed by atoms with Gasteiger partial charge in [0.05, 0.1) is 15.7 Å². The van der Waals surface area contributed by atoms with Crippen LogP contribution in [-0.2, 0) is 9.59 Å². The van der Waals surface area contributed by atoms with E-state index in [-0.39, 0.29) is 20.8 Å². The molecule has 0 atom stereocenters. The van der Waals surface area contributed by atoms with Crippen molar-refractivity contribution in [2.45, 2.75) is 0 Å². The molecule has 1 aliphatic rings. The molecular weight excluding hydrogens is 290 g/mol. The molecule has 1 fully saturated rings. The van der Waals surface area contributed by atoms with E-state index < -0.39 is 17.8 Å². The van der Waals surface area contributed by atoms with Gasteiger partial charge in [0.1, 0.15) is 0 Å². The van der Waals surface area contributed by atoms with E-state index in [0.29, 0.717) is 4.90 Å². The van der Waals surface area contributed by atoms with E-state index in [1.165, 1.54) is 12.1 Å². The minimum Gasteiger partial charge on any atom is -0.269 e. The molecule has 0 aliphatic carbocycles. The number of amides is 4.